The summed E-state index contributed by atoms with van der Waals surface area (Å²) < 4.78 is 31.7. The first-order valence-corrected chi connectivity index (χ1v) is 13.1. The highest BCUT2D eigenvalue weighted by molar-refractivity contribution is 5.97. The summed E-state index contributed by atoms with van der Waals surface area (Å²) in [5.74, 6) is -10.4. The zero-order valence-corrected chi connectivity index (χ0v) is 25.2. The van der Waals surface area contributed by atoms with Gasteiger partial charge in [-0.25, -0.2) is 4.79 Å². The molecule has 5 amide bonds. The number of hydrogen-bond donors (Lipinski definition) is 8. The number of aliphatic carboxylic acids is 3. The molecule has 8 N–H and O–H groups in total. The summed E-state index contributed by atoms with van der Waals surface area (Å²) >= 11 is 0. The molecule has 45 heavy (non-hydrogen) atoms. The van der Waals surface area contributed by atoms with Crippen LogP contribution in [0.15, 0.2) is 0 Å². The molecule has 0 radical (unpaired) electrons. The number of halogens is 3. The van der Waals surface area contributed by atoms with E-state index in [1.54, 1.807) is 27.7 Å². The summed E-state index contributed by atoms with van der Waals surface area (Å²) in [7, 11) is 0. The van der Waals surface area contributed by atoms with Crippen LogP contribution in [0.4, 0.5) is 13.2 Å². The molecule has 0 bridgehead atoms. The Morgan fingerprint density at radius 2 is 1.07 bits per heavy atom. The average molecular weight is 658 g/mol. The van der Waals surface area contributed by atoms with Crippen molar-refractivity contribution < 1.29 is 71.6 Å². The third-order valence-electron chi connectivity index (χ3n) is 5.45. The van der Waals surface area contributed by atoms with Crippen LogP contribution < -0.4 is 26.6 Å². The van der Waals surface area contributed by atoms with E-state index in [0.717, 1.165) is 0 Å². The molecular formula is C25H38F3N5O12. The number of alkyl halides is 3. The normalized spacial score (nSPS) is 14.2. The Labute approximate surface area is 255 Å². The molecule has 20 heteroatoms. The summed E-state index contributed by atoms with van der Waals surface area (Å²) in [5, 5.41) is 36.8. The van der Waals surface area contributed by atoms with Gasteiger partial charge in [-0.1, -0.05) is 27.7 Å². The van der Waals surface area contributed by atoms with Gasteiger partial charge in [-0.2, -0.15) is 13.2 Å². The van der Waals surface area contributed by atoms with Gasteiger partial charge < -0.3 is 46.7 Å². The van der Waals surface area contributed by atoms with Crippen LogP contribution in [0.3, 0.4) is 0 Å². The Kier molecular flexibility index (Phi) is 18.3. The van der Waals surface area contributed by atoms with Crippen LogP contribution in [0.2, 0.25) is 0 Å². The maximum Gasteiger partial charge on any atom is 0.490 e. The van der Waals surface area contributed by atoms with Crippen molar-refractivity contribution in [3.63, 3.8) is 0 Å². The molecule has 5 atom stereocenters. The Morgan fingerprint density at radius 3 is 1.42 bits per heavy atom. The monoisotopic (exact) mass is 657 g/mol. The van der Waals surface area contributed by atoms with E-state index in [2.05, 4.69) is 26.6 Å². The second-order valence-electron chi connectivity index (χ2n) is 10.2. The van der Waals surface area contributed by atoms with Gasteiger partial charge in [0.1, 0.15) is 30.5 Å². The highest BCUT2D eigenvalue weighted by Crippen LogP contribution is 2.13. The minimum atomic E-state index is -5.08. The van der Waals surface area contributed by atoms with Gasteiger partial charge in [-0.3, -0.25) is 33.6 Å². The summed E-state index contributed by atoms with van der Waals surface area (Å²) in [6.45, 7) is 8.89. The van der Waals surface area contributed by atoms with Gasteiger partial charge in [0.2, 0.25) is 29.5 Å². The molecule has 0 fully saturated rings. The third kappa shape index (κ3) is 17.8. The molecule has 0 aliphatic rings. The lowest BCUT2D eigenvalue weighted by atomic mass is 10.0. The van der Waals surface area contributed by atoms with Gasteiger partial charge in [-0.15, -0.1) is 0 Å². The first-order chi connectivity index (χ1) is 20.4. The van der Waals surface area contributed by atoms with Gasteiger partial charge in [0.25, 0.3) is 0 Å². The number of nitrogens with one attached hydrogen (secondary N) is 5. The van der Waals surface area contributed by atoms with E-state index in [9.17, 15) is 56.6 Å². The Hall–Kier alpha value is -4.78. The van der Waals surface area contributed by atoms with Crippen molar-refractivity contribution in [3.05, 3.63) is 0 Å². The standard InChI is InChI=1S/C23H37N5O10.C2HF3O2/c1-10(2)18(25-13(6)30)23(38)27-15(8-17(33)34)21(36)28-19(11(3)4)22(37)24-12(5)20(35)26-14(9-29)7-16(31)32;3-2(4,5)1(6)7/h9-12,14-15,18-19H,7-8H2,1-6H3,(H,24,37)(H,25,30)(H,26,35)(H,27,38)(H,28,36)(H,31,32)(H,33,34);(H,6,7)/t12-,14-,15-,18-,19-;/m0./s1. The molecule has 0 saturated carbocycles. The van der Waals surface area contributed by atoms with Crippen LogP contribution in [0.5, 0.6) is 0 Å². The van der Waals surface area contributed by atoms with Crippen molar-refractivity contribution in [2.45, 2.75) is 90.8 Å². The molecule has 0 rings (SSSR count). The summed E-state index contributed by atoms with van der Waals surface area (Å²) in [6, 6.07) is -6.43. The number of amides is 5. The van der Waals surface area contributed by atoms with E-state index in [1.807, 2.05) is 0 Å². The molecule has 0 aliphatic heterocycles. The van der Waals surface area contributed by atoms with Crippen molar-refractivity contribution in [2.75, 3.05) is 0 Å². The fourth-order valence-electron chi connectivity index (χ4n) is 3.19. The molecule has 0 aromatic carbocycles. The number of hydrogen-bond acceptors (Lipinski definition) is 9. The predicted molar refractivity (Wildman–Crippen MR) is 145 cm³/mol. The van der Waals surface area contributed by atoms with Crippen LogP contribution in [0.1, 0.15) is 54.4 Å². The molecule has 0 aromatic heterocycles. The minimum absolute atomic E-state index is 0.240. The van der Waals surface area contributed by atoms with Crippen LogP contribution in [-0.2, 0) is 43.2 Å². The Morgan fingerprint density at radius 1 is 0.644 bits per heavy atom. The lowest BCUT2D eigenvalue weighted by Gasteiger charge is -2.27. The number of carbonyl (C=O) groups excluding carboxylic acids is 6. The number of carboxylic acid groups (broad SMARTS) is 3. The Bertz CT molecular complexity index is 1110. The zero-order valence-electron chi connectivity index (χ0n) is 25.2. The smallest absolute Gasteiger partial charge is 0.481 e. The summed E-state index contributed by atoms with van der Waals surface area (Å²) in [4.78, 5) is 104. The largest absolute Gasteiger partial charge is 0.490 e. The van der Waals surface area contributed by atoms with Crippen LogP contribution in [-0.4, -0.2) is 105 Å². The lowest BCUT2D eigenvalue weighted by Crippen LogP contribution is -2.60. The van der Waals surface area contributed by atoms with Crippen LogP contribution >= 0.6 is 0 Å². The molecule has 0 aliphatic carbocycles. The second-order valence-corrected chi connectivity index (χ2v) is 10.2. The Balaban J connectivity index is 0. The zero-order chi connectivity index (χ0) is 35.8. The van der Waals surface area contributed by atoms with Gasteiger partial charge in [0, 0.05) is 6.92 Å². The number of aldehydes is 1. The second kappa shape index (κ2) is 19.5. The molecule has 0 heterocycles. The lowest BCUT2D eigenvalue weighted by molar-refractivity contribution is -0.192. The fraction of sp³-hybridized carbons (Fsp3) is 0.640. The van der Waals surface area contributed by atoms with E-state index in [-0.39, 0.29) is 12.2 Å². The van der Waals surface area contributed by atoms with Gasteiger partial charge in [0.15, 0.2) is 0 Å². The van der Waals surface area contributed by atoms with Gasteiger partial charge in [-0.05, 0) is 18.8 Å². The maximum absolute atomic E-state index is 12.9. The van der Waals surface area contributed by atoms with Crippen molar-refractivity contribution in [2.24, 2.45) is 11.8 Å². The van der Waals surface area contributed by atoms with E-state index in [4.69, 9.17) is 15.0 Å². The quantitative estimate of drug-likeness (QED) is 0.0885. The van der Waals surface area contributed by atoms with E-state index in [0.29, 0.717) is 0 Å². The molecular weight excluding hydrogens is 619 g/mol. The highest BCUT2D eigenvalue weighted by atomic mass is 19.4. The molecule has 0 unspecified atom stereocenters. The van der Waals surface area contributed by atoms with E-state index < -0.39 is 103 Å². The van der Waals surface area contributed by atoms with Crippen LogP contribution in [0.25, 0.3) is 0 Å². The number of carboxylic acids is 3. The molecule has 0 saturated heterocycles. The highest BCUT2D eigenvalue weighted by Gasteiger charge is 2.38. The first kappa shape index (κ1) is 42.4. The summed E-state index contributed by atoms with van der Waals surface area (Å²) in [5.41, 5.74) is 0. The molecule has 0 aromatic rings. The van der Waals surface area contributed by atoms with Gasteiger partial charge in [0.05, 0.1) is 18.9 Å². The molecule has 256 valence electrons. The van der Waals surface area contributed by atoms with E-state index >= 15 is 0 Å². The number of rotatable bonds is 16. The van der Waals surface area contributed by atoms with E-state index in [1.165, 1.54) is 13.8 Å². The van der Waals surface area contributed by atoms with Crippen molar-refractivity contribution >= 4 is 53.7 Å². The minimum Gasteiger partial charge on any atom is -0.481 e. The van der Waals surface area contributed by atoms with Crippen molar-refractivity contribution in [3.8, 4) is 0 Å². The van der Waals surface area contributed by atoms with Gasteiger partial charge >= 0.3 is 24.1 Å². The summed E-state index contributed by atoms with van der Waals surface area (Å²) in [6.07, 6.45) is -6.31. The predicted octanol–water partition coefficient (Wildman–Crippen LogP) is -1.46. The average Bonchev–Trinajstić information content (AvgIpc) is 2.87. The van der Waals surface area contributed by atoms with Crippen molar-refractivity contribution in [1.29, 1.82) is 0 Å². The van der Waals surface area contributed by atoms with Crippen molar-refractivity contribution in [1.82, 2.24) is 26.6 Å². The maximum atomic E-state index is 12.9. The number of carbonyl (C=O) groups is 9. The molecule has 0 spiro atoms. The third-order valence-corrected chi connectivity index (χ3v) is 5.45. The topological polar surface area (TPSA) is 274 Å². The fourth-order valence-corrected chi connectivity index (χ4v) is 3.19. The molecule has 17 nitrogen and oxygen atoms in total. The SMILES string of the molecule is CC(=O)N[C@H](C(=O)N[C@@H](CC(=O)O)C(=O)N[C@H](C(=O)N[C@@H](C)C(=O)N[C@H](C=O)CC(=O)O)C(C)C)C(C)C.O=C(O)C(F)(F)F. The first-order valence-electron chi connectivity index (χ1n) is 13.1. The van der Waals surface area contributed by atoms with Crippen LogP contribution in [0, 0.1) is 11.8 Å².